The van der Waals surface area contributed by atoms with Gasteiger partial charge in [0.1, 0.15) is 5.82 Å². The minimum Gasteiger partial charge on any atom is -0.384 e. The highest BCUT2D eigenvalue weighted by atomic mass is 79.9. The molecule has 18 heavy (non-hydrogen) atoms. The first-order valence-corrected chi connectivity index (χ1v) is 7.28. The number of rotatable bonds is 2. The van der Waals surface area contributed by atoms with E-state index < -0.39 is 0 Å². The fourth-order valence-corrected chi connectivity index (χ4v) is 3.24. The highest BCUT2D eigenvalue weighted by molar-refractivity contribution is 9.11. The predicted octanol–water partition coefficient (Wildman–Crippen LogP) is 4.32. The molecule has 0 saturated carbocycles. The largest absolute Gasteiger partial charge is 0.384 e. The zero-order valence-electron chi connectivity index (χ0n) is 10.5. The van der Waals surface area contributed by atoms with Crippen molar-refractivity contribution in [1.82, 2.24) is 9.78 Å². The summed E-state index contributed by atoms with van der Waals surface area (Å²) >= 11 is 7.04. The lowest BCUT2D eigenvalue weighted by Gasteiger charge is -2.08. The van der Waals surface area contributed by atoms with Crippen LogP contribution in [-0.2, 0) is 7.05 Å². The van der Waals surface area contributed by atoms with Gasteiger partial charge in [-0.25, -0.2) is 0 Å². The van der Waals surface area contributed by atoms with E-state index in [2.05, 4.69) is 50.8 Å². The van der Waals surface area contributed by atoms with Crippen LogP contribution in [0.2, 0.25) is 0 Å². The third-order valence-corrected chi connectivity index (χ3v) is 4.04. The van der Waals surface area contributed by atoms with Crippen molar-refractivity contribution < 1.29 is 0 Å². The maximum Gasteiger partial charge on any atom is 0.125 e. The quantitative estimate of drug-likeness (QED) is 0.853. The second-order valence-corrected chi connectivity index (χ2v) is 6.32. The zero-order chi connectivity index (χ0) is 13.4. The van der Waals surface area contributed by atoms with Crippen LogP contribution in [-0.4, -0.2) is 9.78 Å². The molecular weight excluding hydrogens is 358 g/mol. The molecule has 2 N–H and O–H groups in total. The Kier molecular flexibility index (Phi) is 3.82. The van der Waals surface area contributed by atoms with E-state index in [4.69, 9.17) is 5.73 Å². The molecule has 0 aliphatic rings. The minimum atomic E-state index is 0.337. The summed E-state index contributed by atoms with van der Waals surface area (Å²) in [4.78, 5) is 0. The molecule has 1 heterocycles. The third kappa shape index (κ3) is 2.34. The molecule has 5 heteroatoms. The fraction of sp³-hybridized carbons (Fsp3) is 0.308. The summed E-state index contributed by atoms with van der Waals surface area (Å²) < 4.78 is 3.78. The van der Waals surface area contributed by atoms with Crippen LogP contribution in [0.15, 0.2) is 27.1 Å². The molecule has 2 aromatic rings. The lowest BCUT2D eigenvalue weighted by Crippen LogP contribution is -2.00. The molecule has 0 unspecified atom stereocenters. The third-order valence-electron chi connectivity index (χ3n) is 2.89. The Morgan fingerprint density at radius 1 is 1.28 bits per heavy atom. The van der Waals surface area contributed by atoms with Crippen LogP contribution < -0.4 is 5.73 Å². The van der Waals surface area contributed by atoms with Gasteiger partial charge in [0.25, 0.3) is 0 Å². The normalized spacial score (nSPS) is 11.2. The molecule has 1 aromatic carbocycles. The van der Waals surface area contributed by atoms with Crippen molar-refractivity contribution in [3.63, 3.8) is 0 Å². The van der Waals surface area contributed by atoms with Crippen molar-refractivity contribution in [1.29, 1.82) is 0 Å². The number of hydrogen-bond donors (Lipinski definition) is 1. The van der Waals surface area contributed by atoms with Gasteiger partial charge in [-0.15, -0.1) is 0 Å². The lowest BCUT2D eigenvalue weighted by molar-refractivity contribution is 0.779. The van der Waals surface area contributed by atoms with E-state index in [-0.39, 0.29) is 0 Å². The van der Waals surface area contributed by atoms with Gasteiger partial charge in [-0.1, -0.05) is 51.8 Å². The molecule has 0 atom stereocenters. The van der Waals surface area contributed by atoms with Crippen LogP contribution in [0.25, 0.3) is 11.3 Å². The van der Waals surface area contributed by atoms with E-state index in [9.17, 15) is 0 Å². The molecule has 0 aliphatic heterocycles. The van der Waals surface area contributed by atoms with Crippen LogP contribution in [0.3, 0.4) is 0 Å². The van der Waals surface area contributed by atoms with Crippen LogP contribution in [0.4, 0.5) is 5.82 Å². The molecule has 1 aromatic heterocycles. The number of anilines is 1. The van der Waals surface area contributed by atoms with E-state index in [1.807, 2.05) is 25.2 Å². The van der Waals surface area contributed by atoms with Crippen molar-refractivity contribution in [3.8, 4) is 11.3 Å². The van der Waals surface area contributed by atoms with Gasteiger partial charge in [0.15, 0.2) is 0 Å². The predicted molar refractivity (Wildman–Crippen MR) is 82.5 cm³/mol. The average Bonchev–Trinajstić information content (AvgIpc) is 2.55. The molecule has 0 aliphatic carbocycles. The Morgan fingerprint density at radius 2 is 1.94 bits per heavy atom. The van der Waals surface area contributed by atoms with Crippen LogP contribution in [0.5, 0.6) is 0 Å². The summed E-state index contributed by atoms with van der Waals surface area (Å²) in [5.74, 6) is 1.07. The second kappa shape index (κ2) is 5.05. The summed E-state index contributed by atoms with van der Waals surface area (Å²) in [6, 6.07) is 6.07. The van der Waals surface area contributed by atoms with Gasteiger partial charge >= 0.3 is 0 Å². The monoisotopic (exact) mass is 371 g/mol. The first kappa shape index (κ1) is 13.6. The summed E-state index contributed by atoms with van der Waals surface area (Å²) in [5, 5.41) is 4.54. The van der Waals surface area contributed by atoms with Crippen LogP contribution in [0, 0.1) is 0 Å². The van der Waals surface area contributed by atoms with Gasteiger partial charge in [0.2, 0.25) is 0 Å². The van der Waals surface area contributed by atoms with Crippen molar-refractivity contribution in [3.05, 3.63) is 32.7 Å². The van der Waals surface area contributed by atoms with E-state index in [0.29, 0.717) is 5.92 Å². The number of nitrogens with two attached hydrogens (primary N) is 1. The Morgan fingerprint density at radius 3 is 2.50 bits per heavy atom. The van der Waals surface area contributed by atoms with Gasteiger partial charge in [-0.2, -0.15) is 5.10 Å². The molecule has 0 spiro atoms. The highest BCUT2D eigenvalue weighted by Crippen LogP contribution is 2.37. The van der Waals surface area contributed by atoms with Crippen molar-refractivity contribution >= 4 is 37.7 Å². The van der Waals surface area contributed by atoms with Crippen molar-refractivity contribution in [2.45, 2.75) is 19.8 Å². The number of nitrogens with zero attached hydrogens (tertiary/aromatic N) is 2. The topological polar surface area (TPSA) is 43.8 Å². The maximum absolute atomic E-state index is 6.10. The Labute approximate surface area is 124 Å². The van der Waals surface area contributed by atoms with E-state index >= 15 is 0 Å². The summed E-state index contributed by atoms with van der Waals surface area (Å²) in [6.45, 7) is 4.26. The first-order chi connectivity index (χ1) is 8.41. The number of aromatic nitrogens is 2. The average molecular weight is 373 g/mol. The van der Waals surface area contributed by atoms with Gasteiger partial charge in [0, 0.05) is 27.1 Å². The van der Waals surface area contributed by atoms with Gasteiger partial charge < -0.3 is 5.73 Å². The van der Waals surface area contributed by atoms with E-state index in [1.165, 1.54) is 0 Å². The Hall–Kier alpha value is -0.810. The van der Waals surface area contributed by atoms with Crippen LogP contribution in [0.1, 0.15) is 25.3 Å². The molecular formula is C13H15Br2N3. The SMILES string of the molecule is CC(C)c1c(-c2ccc(Br)cc2Br)nn(C)c1N. The zero-order valence-corrected chi connectivity index (χ0v) is 13.7. The van der Waals surface area contributed by atoms with Gasteiger partial charge in [-0.3, -0.25) is 4.68 Å². The Balaban J connectivity index is 2.67. The number of halogens is 2. The van der Waals surface area contributed by atoms with Crippen molar-refractivity contribution in [2.75, 3.05) is 5.73 Å². The fourth-order valence-electron chi connectivity index (χ4n) is 2.00. The molecule has 0 fully saturated rings. The Bertz CT molecular complexity index is 588. The molecule has 0 radical (unpaired) electrons. The van der Waals surface area contributed by atoms with Gasteiger partial charge in [0.05, 0.1) is 5.69 Å². The smallest absolute Gasteiger partial charge is 0.125 e. The number of hydrogen-bond acceptors (Lipinski definition) is 2. The first-order valence-electron chi connectivity index (χ1n) is 5.69. The minimum absolute atomic E-state index is 0.337. The molecule has 3 nitrogen and oxygen atoms in total. The lowest BCUT2D eigenvalue weighted by atomic mass is 9.99. The second-order valence-electron chi connectivity index (χ2n) is 4.55. The van der Waals surface area contributed by atoms with Gasteiger partial charge in [-0.05, 0) is 18.1 Å². The van der Waals surface area contributed by atoms with Crippen molar-refractivity contribution in [2.24, 2.45) is 7.05 Å². The molecule has 2 rings (SSSR count). The van der Waals surface area contributed by atoms with Crippen LogP contribution >= 0.6 is 31.9 Å². The number of benzene rings is 1. The standard InChI is InChI=1S/C13H15Br2N3/c1-7(2)11-12(17-18(3)13(11)16)9-5-4-8(14)6-10(9)15/h4-7H,16H2,1-3H3. The number of aryl methyl sites for hydroxylation is 1. The highest BCUT2D eigenvalue weighted by Gasteiger charge is 2.19. The molecule has 0 amide bonds. The summed E-state index contributed by atoms with van der Waals surface area (Å²) in [5.41, 5.74) is 9.21. The maximum atomic E-state index is 6.10. The molecule has 0 bridgehead atoms. The summed E-state index contributed by atoms with van der Waals surface area (Å²) in [6.07, 6.45) is 0. The van der Waals surface area contributed by atoms with E-state index in [0.717, 1.165) is 31.6 Å². The molecule has 96 valence electrons. The summed E-state index contributed by atoms with van der Waals surface area (Å²) in [7, 11) is 1.87. The number of nitrogen functional groups attached to an aromatic ring is 1. The molecule has 0 saturated heterocycles. The van der Waals surface area contributed by atoms with E-state index in [1.54, 1.807) is 4.68 Å².